The quantitative estimate of drug-likeness (QED) is 0.641. The number of benzene rings is 2. The van der Waals surface area contributed by atoms with Gasteiger partial charge in [0.15, 0.2) is 0 Å². The monoisotopic (exact) mass is 353 g/mol. The third-order valence-corrected chi connectivity index (χ3v) is 4.51. The largest absolute Gasteiger partial charge is 0.496 e. The van der Waals surface area contributed by atoms with E-state index in [0.717, 1.165) is 33.0 Å². The van der Waals surface area contributed by atoms with E-state index < -0.39 is 0 Å². The maximum Gasteiger partial charge on any atom is 0.133 e. The lowest BCUT2D eigenvalue weighted by Gasteiger charge is -2.12. The molecule has 0 aromatic heterocycles. The molecule has 0 spiro atoms. The van der Waals surface area contributed by atoms with Crippen LogP contribution < -0.4 is 15.2 Å². The topological polar surface area (TPSA) is 44.5 Å². The molecule has 2 aromatic carbocycles. The summed E-state index contributed by atoms with van der Waals surface area (Å²) in [6, 6.07) is 11.8. The van der Waals surface area contributed by atoms with Crippen LogP contribution in [0.3, 0.4) is 0 Å². The molecule has 5 heteroatoms. The van der Waals surface area contributed by atoms with Gasteiger partial charge in [0.1, 0.15) is 11.5 Å². The molecule has 2 rings (SSSR count). The molecule has 0 saturated heterocycles. The van der Waals surface area contributed by atoms with Crippen LogP contribution in [0, 0.1) is 0 Å². The number of thioether (sulfide) groups is 1. The molecule has 3 nitrogen and oxygen atoms in total. The minimum atomic E-state index is 0.775. The molecule has 0 aliphatic carbocycles. The summed E-state index contributed by atoms with van der Waals surface area (Å²) in [6.45, 7) is 0. The smallest absolute Gasteiger partial charge is 0.133 e. The summed E-state index contributed by atoms with van der Waals surface area (Å²) in [6.07, 6.45) is 0. The minimum absolute atomic E-state index is 0.775. The first-order valence-electron chi connectivity index (χ1n) is 6.02. The first-order chi connectivity index (χ1) is 9.63. The predicted octanol–water partition coefficient (Wildman–Crippen LogP) is 4.34. The minimum Gasteiger partial charge on any atom is -0.496 e. The van der Waals surface area contributed by atoms with Gasteiger partial charge in [-0.1, -0.05) is 0 Å². The van der Waals surface area contributed by atoms with Gasteiger partial charge in [-0.25, -0.2) is 0 Å². The van der Waals surface area contributed by atoms with Crippen molar-refractivity contribution < 1.29 is 9.47 Å². The molecule has 2 aromatic rings. The Hall–Kier alpha value is -1.33. The van der Waals surface area contributed by atoms with Crippen molar-refractivity contribution in [3.8, 4) is 11.5 Å². The summed E-state index contributed by atoms with van der Waals surface area (Å²) in [5.74, 6) is 2.45. The Labute approximate surface area is 131 Å². The SMILES string of the molecule is COc1cc(CSc2ccc(N)cc2)c(OC)cc1Br. The van der Waals surface area contributed by atoms with Crippen LogP contribution in [0.1, 0.15) is 5.56 Å². The molecule has 0 fully saturated rings. The first kappa shape index (κ1) is 15.1. The van der Waals surface area contributed by atoms with Crippen LogP contribution in [0.2, 0.25) is 0 Å². The van der Waals surface area contributed by atoms with Gasteiger partial charge in [0, 0.05) is 21.9 Å². The number of anilines is 1. The highest BCUT2D eigenvalue weighted by Crippen LogP contribution is 2.36. The lowest BCUT2D eigenvalue weighted by Crippen LogP contribution is -1.94. The van der Waals surface area contributed by atoms with E-state index in [0.29, 0.717) is 0 Å². The Morgan fingerprint density at radius 3 is 2.30 bits per heavy atom. The van der Waals surface area contributed by atoms with Crippen molar-refractivity contribution in [2.75, 3.05) is 20.0 Å². The first-order valence-corrected chi connectivity index (χ1v) is 7.80. The molecule has 0 bridgehead atoms. The number of nitrogens with two attached hydrogens (primary N) is 1. The summed E-state index contributed by atoms with van der Waals surface area (Å²) < 4.78 is 11.6. The van der Waals surface area contributed by atoms with E-state index in [1.54, 1.807) is 26.0 Å². The zero-order valence-corrected chi connectivity index (χ0v) is 13.8. The Kier molecular flexibility index (Phi) is 5.20. The van der Waals surface area contributed by atoms with Crippen LogP contribution in [0.5, 0.6) is 11.5 Å². The van der Waals surface area contributed by atoms with Crippen molar-refractivity contribution in [1.82, 2.24) is 0 Å². The van der Waals surface area contributed by atoms with Crippen LogP contribution >= 0.6 is 27.7 Å². The van der Waals surface area contributed by atoms with E-state index in [1.807, 2.05) is 36.4 Å². The number of hydrogen-bond donors (Lipinski definition) is 1. The predicted molar refractivity (Wildman–Crippen MR) is 87.7 cm³/mol. The highest BCUT2D eigenvalue weighted by molar-refractivity contribution is 9.10. The molecular weight excluding hydrogens is 338 g/mol. The van der Waals surface area contributed by atoms with Gasteiger partial charge < -0.3 is 15.2 Å². The molecule has 0 radical (unpaired) electrons. The molecule has 0 aliphatic rings. The van der Waals surface area contributed by atoms with Gasteiger partial charge in [0.25, 0.3) is 0 Å². The molecule has 0 amide bonds. The fourth-order valence-electron chi connectivity index (χ4n) is 1.76. The summed E-state index contributed by atoms with van der Waals surface area (Å²) in [5, 5.41) is 0. The molecular formula is C15H16BrNO2S. The van der Waals surface area contributed by atoms with Crippen molar-refractivity contribution in [3.63, 3.8) is 0 Å². The third kappa shape index (κ3) is 3.61. The number of halogens is 1. The number of ether oxygens (including phenoxy) is 2. The van der Waals surface area contributed by atoms with Crippen LogP contribution in [-0.4, -0.2) is 14.2 Å². The van der Waals surface area contributed by atoms with E-state index in [-0.39, 0.29) is 0 Å². The van der Waals surface area contributed by atoms with Crippen molar-refractivity contribution in [2.24, 2.45) is 0 Å². The lowest BCUT2D eigenvalue weighted by atomic mass is 10.2. The van der Waals surface area contributed by atoms with E-state index in [2.05, 4.69) is 15.9 Å². The Balaban J connectivity index is 2.17. The Bertz CT molecular complexity index is 587. The fraction of sp³-hybridized carbons (Fsp3) is 0.200. The van der Waals surface area contributed by atoms with Gasteiger partial charge in [-0.2, -0.15) is 0 Å². The van der Waals surface area contributed by atoms with Gasteiger partial charge in [0.05, 0.1) is 18.7 Å². The van der Waals surface area contributed by atoms with Gasteiger partial charge in [-0.3, -0.25) is 0 Å². The van der Waals surface area contributed by atoms with Gasteiger partial charge in [-0.15, -0.1) is 11.8 Å². The molecule has 2 N–H and O–H groups in total. The Morgan fingerprint density at radius 1 is 1.05 bits per heavy atom. The molecule has 20 heavy (non-hydrogen) atoms. The maximum absolute atomic E-state index is 5.68. The average Bonchev–Trinajstić information content (AvgIpc) is 2.47. The number of rotatable bonds is 5. The highest BCUT2D eigenvalue weighted by atomic mass is 79.9. The van der Waals surface area contributed by atoms with Crippen molar-refractivity contribution in [3.05, 3.63) is 46.4 Å². The molecule has 0 unspecified atom stereocenters. The second-order valence-electron chi connectivity index (χ2n) is 4.16. The van der Waals surface area contributed by atoms with E-state index in [9.17, 15) is 0 Å². The zero-order chi connectivity index (χ0) is 14.5. The van der Waals surface area contributed by atoms with Crippen molar-refractivity contribution >= 4 is 33.4 Å². The van der Waals surface area contributed by atoms with E-state index in [4.69, 9.17) is 15.2 Å². The average molecular weight is 354 g/mol. The molecule has 0 aliphatic heterocycles. The highest BCUT2D eigenvalue weighted by Gasteiger charge is 2.10. The second kappa shape index (κ2) is 6.90. The second-order valence-corrected chi connectivity index (χ2v) is 6.06. The van der Waals surface area contributed by atoms with Gasteiger partial charge in [0.2, 0.25) is 0 Å². The standard InChI is InChI=1S/C15H16BrNO2S/c1-18-14-8-13(16)15(19-2)7-10(14)9-20-12-5-3-11(17)4-6-12/h3-8H,9,17H2,1-2H3. The van der Waals surface area contributed by atoms with E-state index in [1.165, 1.54) is 4.90 Å². The van der Waals surface area contributed by atoms with Crippen LogP contribution in [-0.2, 0) is 5.75 Å². The summed E-state index contributed by atoms with van der Waals surface area (Å²) in [5.41, 5.74) is 7.55. The molecule has 106 valence electrons. The van der Waals surface area contributed by atoms with Gasteiger partial charge >= 0.3 is 0 Å². The lowest BCUT2D eigenvalue weighted by molar-refractivity contribution is 0.398. The summed E-state index contributed by atoms with van der Waals surface area (Å²) in [7, 11) is 3.33. The van der Waals surface area contributed by atoms with Crippen LogP contribution in [0.25, 0.3) is 0 Å². The summed E-state index contributed by atoms with van der Waals surface area (Å²) in [4.78, 5) is 1.17. The van der Waals surface area contributed by atoms with Crippen molar-refractivity contribution in [2.45, 2.75) is 10.6 Å². The maximum atomic E-state index is 5.68. The number of nitrogen functional groups attached to an aromatic ring is 1. The normalized spacial score (nSPS) is 10.3. The fourth-order valence-corrected chi connectivity index (χ4v) is 3.12. The van der Waals surface area contributed by atoms with Crippen LogP contribution in [0.4, 0.5) is 5.69 Å². The Morgan fingerprint density at radius 2 is 1.70 bits per heavy atom. The van der Waals surface area contributed by atoms with Gasteiger partial charge in [-0.05, 0) is 52.3 Å². The molecule has 0 heterocycles. The van der Waals surface area contributed by atoms with Crippen LogP contribution in [0.15, 0.2) is 45.8 Å². The number of hydrogen-bond acceptors (Lipinski definition) is 4. The number of methoxy groups -OCH3 is 2. The van der Waals surface area contributed by atoms with E-state index >= 15 is 0 Å². The molecule has 0 saturated carbocycles. The zero-order valence-electron chi connectivity index (χ0n) is 11.4. The summed E-state index contributed by atoms with van der Waals surface area (Å²) >= 11 is 5.19. The third-order valence-electron chi connectivity index (χ3n) is 2.83. The van der Waals surface area contributed by atoms with Crippen molar-refractivity contribution in [1.29, 1.82) is 0 Å². The molecule has 0 atom stereocenters.